The van der Waals surface area contributed by atoms with E-state index in [0.717, 1.165) is 16.2 Å². The van der Waals surface area contributed by atoms with Gasteiger partial charge in [0.25, 0.3) is 5.91 Å². The molecule has 6 heteroatoms. The first-order valence-corrected chi connectivity index (χ1v) is 6.57. The van der Waals surface area contributed by atoms with Crippen LogP contribution >= 0.6 is 15.9 Å². The number of aromatic nitrogens is 1. The van der Waals surface area contributed by atoms with E-state index in [0.29, 0.717) is 11.4 Å². The Morgan fingerprint density at radius 3 is 2.85 bits per heavy atom. The fourth-order valence-electron chi connectivity index (χ4n) is 1.77. The summed E-state index contributed by atoms with van der Waals surface area (Å²) in [5.41, 5.74) is 1.25. The highest BCUT2D eigenvalue weighted by Crippen LogP contribution is 2.32. The van der Waals surface area contributed by atoms with Gasteiger partial charge in [0.05, 0.1) is 24.6 Å². The van der Waals surface area contributed by atoms with Gasteiger partial charge in [0.2, 0.25) is 0 Å². The van der Waals surface area contributed by atoms with Crippen LogP contribution in [0.25, 0.3) is 0 Å². The van der Waals surface area contributed by atoms with Crippen LogP contribution in [-0.2, 0) is 0 Å². The number of rotatable bonds is 3. The Balaban J connectivity index is 2.35. The fourth-order valence-corrected chi connectivity index (χ4v) is 2.33. The molecule has 0 saturated heterocycles. The van der Waals surface area contributed by atoms with Crippen molar-refractivity contribution in [3.05, 3.63) is 52.0 Å². The number of anilines is 1. The average Bonchev–Trinajstić information content (AvgIpc) is 2.41. The summed E-state index contributed by atoms with van der Waals surface area (Å²) in [5.74, 6) is -0.716. The first-order valence-electron chi connectivity index (χ1n) is 5.78. The van der Waals surface area contributed by atoms with Gasteiger partial charge in [-0.3, -0.25) is 9.78 Å². The minimum Gasteiger partial charge on any atom is -0.495 e. The second-order valence-electron chi connectivity index (χ2n) is 4.11. The predicted molar refractivity (Wildman–Crippen MR) is 77.6 cm³/mol. The second kappa shape index (κ2) is 6.00. The number of carbonyl (C=O) groups excluding carboxylic acids is 1. The largest absolute Gasteiger partial charge is 0.495 e. The molecule has 0 aliphatic carbocycles. The summed E-state index contributed by atoms with van der Waals surface area (Å²) in [6, 6.07) is 4.89. The van der Waals surface area contributed by atoms with E-state index in [9.17, 15) is 9.18 Å². The van der Waals surface area contributed by atoms with Crippen molar-refractivity contribution in [3.8, 4) is 5.75 Å². The molecule has 0 aliphatic heterocycles. The quantitative estimate of drug-likeness (QED) is 0.930. The molecule has 0 unspecified atom stereocenters. The molecule has 1 aromatic heterocycles. The van der Waals surface area contributed by atoms with Crippen LogP contribution in [0.5, 0.6) is 5.75 Å². The molecule has 104 valence electrons. The minimum atomic E-state index is -0.668. The molecule has 1 aromatic carbocycles. The van der Waals surface area contributed by atoms with Crippen molar-refractivity contribution in [1.29, 1.82) is 0 Å². The van der Waals surface area contributed by atoms with Crippen molar-refractivity contribution in [2.45, 2.75) is 6.92 Å². The smallest absolute Gasteiger partial charge is 0.258 e. The van der Waals surface area contributed by atoms with Gasteiger partial charge in [-0.2, -0.15) is 0 Å². The van der Waals surface area contributed by atoms with Gasteiger partial charge in [-0.1, -0.05) is 15.9 Å². The van der Waals surface area contributed by atoms with Gasteiger partial charge in [0.1, 0.15) is 5.75 Å². The summed E-state index contributed by atoms with van der Waals surface area (Å²) in [7, 11) is 1.50. The number of halogens is 2. The number of nitrogens with zero attached hydrogens (tertiary/aromatic N) is 1. The Morgan fingerprint density at radius 2 is 2.20 bits per heavy atom. The van der Waals surface area contributed by atoms with Gasteiger partial charge in [0, 0.05) is 10.7 Å². The summed E-state index contributed by atoms with van der Waals surface area (Å²) < 4.78 is 19.6. The molecular formula is C14H12BrFN2O2. The third kappa shape index (κ3) is 2.96. The predicted octanol–water partition coefficient (Wildman–Crippen LogP) is 3.55. The van der Waals surface area contributed by atoms with E-state index in [1.807, 2.05) is 13.0 Å². The third-order valence-corrected chi connectivity index (χ3v) is 3.20. The standard InChI is InChI=1S/C14H12BrFN2O2/c1-8-5-9(15)6-12(20-2)13(8)18-14(19)10-3-4-17-7-11(10)16/h3-7H,1-2H3,(H,18,19). The highest BCUT2D eigenvalue weighted by molar-refractivity contribution is 9.10. The lowest BCUT2D eigenvalue weighted by Gasteiger charge is -2.13. The summed E-state index contributed by atoms with van der Waals surface area (Å²) in [6.45, 7) is 1.83. The van der Waals surface area contributed by atoms with E-state index in [-0.39, 0.29) is 5.56 Å². The number of carbonyl (C=O) groups is 1. The van der Waals surface area contributed by atoms with Crippen molar-refractivity contribution >= 4 is 27.5 Å². The topological polar surface area (TPSA) is 51.2 Å². The van der Waals surface area contributed by atoms with E-state index in [1.165, 1.54) is 19.4 Å². The summed E-state index contributed by atoms with van der Waals surface area (Å²) >= 11 is 3.35. The number of pyridine rings is 1. The maximum Gasteiger partial charge on any atom is 0.258 e. The average molecular weight is 339 g/mol. The number of methoxy groups -OCH3 is 1. The number of ether oxygens (including phenoxy) is 1. The second-order valence-corrected chi connectivity index (χ2v) is 5.03. The van der Waals surface area contributed by atoms with E-state index < -0.39 is 11.7 Å². The molecule has 4 nitrogen and oxygen atoms in total. The zero-order valence-electron chi connectivity index (χ0n) is 10.9. The number of amides is 1. The van der Waals surface area contributed by atoms with E-state index >= 15 is 0 Å². The molecule has 1 amide bonds. The van der Waals surface area contributed by atoms with Crippen molar-refractivity contribution < 1.29 is 13.9 Å². The van der Waals surface area contributed by atoms with Crippen LogP contribution in [0.3, 0.4) is 0 Å². The van der Waals surface area contributed by atoms with Gasteiger partial charge < -0.3 is 10.1 Å². The normalized spacial score (nSPS) is 10.2. The molecule has 0 saturated carbocycles. The highest BCUT2D eigenvalue weighted by atomic mass is 79.9. The maximum absolute atomic E-state index is 13.5. The Labute approximate surface area is 124 Å². The molecule has 0 aliphatic rings. The molecule has 1 N–H and O–H groups in total. The molecule has 1 heterocycles. The Kier molecular flexibility index (Phi) is 4.34. The van der Waals surface area contributed by atoms with Crippen LogP contribution in [-0.4, -0.2) is 18.0 Å². The van der Waals surface area contributed by atoms with Crippen LogP contribution in [0.2, 0.25) is 0 Å². The van der Waals surface area contributed by atoms with Crippen molar-refractivity contribution in [2.24, 2.45) is 0 Å². The number of hydrogen-bond acceptors (Lipinski definition) is 3. The third-order valence-electron chi connectivity index (χ3n) is 2.74. The van der Waals surface area contributed by atoms with Gasteiger partial charge >= 0.3 is 0 Å². The number of nitrogens with one attached hydrogen (secondary N) is 1. The van der Waals surface area contributed by atoms with Crippen molar-refractivity contribution in [2.75, 3.05) is 12.4 Å². The van der Waals surface area contributed by atoms with Crippen LogP contribution in [0.1, 0.15) is 15.9 Å². The minimum absolute atomic E-state index is 0.0654. The molecule has 20 heavy (non-hydrogen) atoms. The SMILES string of the molecule is COc1cc(Br)cc(C)c1NC(=O)c1ccncc1F. The van der Waals surface area contributed by atoms with E-state index in [1.54, 1.807) is 6.07 Å². The lowest BCUT2D eigenvalue weighted by molar-refractivity contribution is 0.102. The molecule has 0 fully saturated rings. The van der Waals surface area contributed by atoms with Crippen LogP contribution in [0.4, 0.5) is 10.1 Å². The molecular weight excluding hydrogens is 327 g/mol. The van der Waals surface area contributed by atoms with Gasteiger partial charge in [-0.05, 0) is 30.7 Å². The summed E-state index contributed by atoms with van der Waals surface area (Å²) in [4.78, 5) is 15.7. The van der Waals surface area contributed by atoms with Gasteiger partial charge in [-0.25, -0.2) is 4.39 Å². The Bertz CT molecular complexity index is 662. The van der Waals surface area contributed by atoms with Crippen LogP contribution in [0.15, 0.2) is 35.1 Å². The Morgan fingerprint density at radius 1 is 1.45 bits per heavy atom. The number of hydrogen-bond donors (Lipinski definition) is 1. The zero-order chi connectivity index (χ0) is 14.7. The lowest BCUT2D eigenvalue weighted by Crippen LogP contribution is -2.15. The van der Waals surface area contributed by atoms with Gasteiger partial charge in [0.15, 0.2) is 5.82 Å². The zero-order valence-corrected chi connectivity index (χ0v) is 12.5. The molecule has 0 atom stereocenters. The van der Waals surface area contributed by atoms with Gasteiger partial charge in [-0.15, -0.1) is 0 Å². The molecule has 0 bridgehead atoms. The lowest BCUT2D eigenvalue weighted by atomic mass is 10.1. The van der Waals surface area contributed by atoms with Crippen LogP contribution in [0, 0.1) is 12.7 Å². The van der Waals surface area contributed by atoms with Crippen LogP contribution < -0.4 is 10.1 Å². The highest BCUT2D eigenvalue weighted by Gasteiger charge is 2.15. The summed E-state index contributed by atoms with van der Waals surface area (Å²) in [5, 5.41) is 2.66. The molecule has 2 rings (SSSR count). The monoisotopic (exact) mass is 338 g/mol. The fraction of sp³-hybridized carbons (Fsp3) is 0.143. The van der Waals surface area contributed by atoms with E-state index in [4.69, 9.17) is 4.74 Å². The molecule has 2 aromatic rings. The van der Waals surface area contributed by atoms with Crippen molar-refractivity contribution in [3.63, 3.8) is 0 Å². The van der Waals surface area contributed by atoms with E-state index in [2.05, 4.69) is 26.2 Å². The van der Waals surface area contributed by atoms with Crippen molar-refractivity contribution in [1.82, 2.24) is 4.98 Å². The molecule has 0 spiro atoms. The molecule has 0 radical (unpaired) electrons. The number of benzene rings is 1. The number of aryl methyl sites for hydroxylation is 1. The first-order chi connectivity index (χ1) is 9.52. The first kappa shape index (κ1) is 14.5. The summed E-state index contributed by atoms with van der Waals surface area (Å²) in [6.07, 6.45) is 2.37. The maximum atomic E-state index is 13.5. The Hall–Kier alpha value is -1.95.